The van der Waals surface area contributed by atoms with E-state index in [4.69, 9.17) is 4.74 Å². The van der Waals surface area contributed by atoms with E-state index in [-0.39, 0.29) is 42.6 Å². The third-order valence-electron chi connectivity index (χ3n) is 6.27. The SMILES string of the molecule is CCOC(=O)C1CCCN(C(=O)CN(C)C(=O)C2CC(=O)N(c3ccc(CC)cc3)C2)C1. The number of benzene rings is 1. The van der Waals surface area contributed by atoms with E-state index in [0.717, 1.165) is 18.5 Å². The number of ether oxygens (including phenoxy) is 1. The Labute approximate surface area is 189 Å². The number of hydrogen-bond donors (Lipinski definition) is 0. The molecule has 174 valence electrons. The number of esters is 1. The number of carbonyl (C=O) groups is 4. The summed E-state index contributed by atoms with van der Waals surface area (Å²) in [6, 6.07) is 7.80. The molecule has 2 atom stereocenters. The predicted octanol–water partition coefficient (Wildman–Crippen LogP) is 1.86. The van der Waals surface area contributed by atoms with E-state index in [9.17, 15) is 19.2 Å². The number of anilines is 1. The van der Waals surface area contributed by atoms with Crippen molar-refractivity contribution >= 4 is 29.4 Å². The zero-order chi connectivity index (χ0) is 23.3. The van der Waals surface area contributed by atoms with E-state index in [1.54, 1.807) is 23.8 Å². The molecule has 1 aromatic rings. The Morgan fingerprint density at radius 3 is 2.47 bits per heavy atom. The van der Waals surface area contributed by atoms with Crippen LogP contribution in [0.25, 0.3) is 0 Å². The molecular formula is C24H33N3O5. The molecule has 8 heteroatoms. The predicted molar refractivity (Wildman–Crippen MR) is 120 cm³/mol. The smallest absolute Gasteiger partial charge is 0.310 e. The fourth-order valence-electron chi connectivity index (χ4n) is 4.38. The van der Waals surface area contributed by atoms with Crippen LogP contribution in [0.15, 0.2) is 24.3 Å². The average molecular weight is 444 g/mol. The van der Waals surface area contributed by atoms with Crippen molar-refractivity contribution in [2.45, 2.75) is 39.5 Å². The van der Waals surface area contributed by atoms with Gasteiger partial charge in [0.1, 0.15) is 0 Å². The molecule has 0 bridgehead atoms. The van der Waals surface area contributed by atoms with Crippen molar-refractivity contribution in [3.63, 3.8) is 0 Å². The lowest BCUT2D eigenvalue weighted by atomic mass is 9.98. The highest BCUT2D eigenvalue weighted by Gasteiger charge is 2.37. The van der Waals surface area contributed by atoms with E-state index in [1.165, 1.54) is 10.5 Å². The third-order valence-corrected chi connectivity index (χ3v) is 6.27. The van der Waals surface area contributed by atoms with Crippen LogP contribution in [0.2, 0.25) is 0 Å². The number of likely N-dealkylation sites (tertiary alicyclic amines) is 1. The molecule has 8 nitrogen and oxygen atoms in total. The Bertz CT molecular complexity index is 854. The zero-order valence-electron chi connectivity index (χ0n) is 19.2. The summed E-state index contributed by atoms with van der Waals surface area (Å²) in [4.78, 5) is 54.9. The summed E-state index contributed by atoms with van der Waals surface area (Å²) < 4.78 is 5.09. The largest absolute Gasteiger partial charge is 0.466 e. The van der Waals surface area contributed by atoms with Crippen LogP contribution in [0.5, 0.6) is 0 Å². The van der Waals surface area contributed by atoms with Crippen molar-refractivity contribution in [1.82, 2.24) is 9.80 Å². The first-order chi connectivity index (χ1) is 15.3. The van der Waals surface area contributed by atoms with Crippen molar-refractivity contribution in [3.8, 4) is 0 Å². The summed E-state index contributed by atoms with van der Waals surface area (Å²) >= 11 is 0. The van der Waals surface area contributed by atoms with Gasteiger partial charge in [-0.1, -0.05) is 19.1 Å². The van der Waals surface area contributed by atoms with Crippen molar-refractivity contribution in [2.75, 3.05) is 44.7 Å². The number of likely N-dealkylation sites (N-methyl/N-ethyl adjacent to an activating group) is 1. The Kier molecular flexibility index (Phi) is 7.88. The molecule has 2 saturated heterocycles. The summed E-state index contributed by atoms with van der Waals surface area (Å²) in [5.41, 5.74) is 1.98. The summed E-state index contributed by atoms with van der Waals surface area (Å²) in [6.07, 6.45) is 2.50. The van der Waals surface area contributed by atoms with E-state index < -0.39 is 5.92 Å². The average Bonchev–Trinajstić information content (AvgIpc) is 3.20. The van der Waals surface area contributed by atoms with Gasteiger partial charge in [0.2, 0.25) is 17.7 Å². The minimum Gasteiger partial charge on any atom is -0.466 e. The number of rotatable bonds is 7. The molecule has 0 radical (unpaired) electrons. The first-order valence-corrected chi connectivity index (χ1v) is 11.4. The van der Waals surface area contributed by atoms with Gasteiger partial charge in [0.25, 0.3) is 0 Å². The van der Waals surface area contributed by atoms with E-state index in [0.29, 0.717) is 32.7 Å². The van der Waals surface area contributed by atoms with Crippen LogP contribution in [-0.2, 0) is 30.3 Å². The Balaban J connectivity index is 1.55. The molecule has 2 unspecified atom stereocenters. The quantitative estimate of drug-likeness (QED) is 0.601. The molecule has 0 saturated carbocycles. The molecule has 3 amide bonds. The first-order valence-electron chi connectivity index (χ1n) is 11.4. The van der Waals surface area contributed by atoms with Crippen LogP contribution >= 0.6 is 0 Å². The number of carbonyl (C=O) groups excluding carboxylic acids is 4. The maximum absolute atomic E-state index is 12.9. The maximum atomic E-state index is 12.9. The van der Waals surface area contributed by atoms with E-state index in [1.807, 2.05) is 24.3 Å². The summed E-state index contributed by atoms with van der Waals surface area (Å²) in [5.74, 6) is -1.54. The van der Waals surface area contributed by atoms with Gasteiger partial charge in [-0.25, -0.2) is 0 Å². The third kappa shape index (κ3) is 5.47. The first kappa shape index (κ1) is 23.8. The Morgan fingerprint density at radius 1 is 1.09 bits per heavy atom. The minimum absolute atomic E-state index is 0.0652. The lowest BCUT2D eigenvalue weighted by molar-refractivity contribution is -0.152. The molecule has 2 aliphatic heterocycles. The van der Waals surface area contributed by atoms with Gasteiger partial charge in [-0.15, -0.1) is 0 Å². The molecule has 0 N–H and O–H groups in total. The summed E-state index contributed by atoms with van der Waals surface area (Å²) in [6.45, 7) is 5.30. The second-order valence-corrected chi connectivity index (χ2v) is 8.55. The van der Waals surface area contributed by atoms with Crippen LogP contribution in [0.3, 0.4) is 0 Å². The molecule has 32 heavy (non-hydrogen) atoms. The van der Waals surface area contributed by atoms with Gasteiger partial charge in [0, 0.05) is 38.8 Å². The van der Waals surface area contributed by atoms with Crippen molar-refractivity contribution in [3.05, 3.63) is 29.8 Å². The number of hydrogen-bond acceptors (Lipinski definition) is 5. The van der Waals surface area contributed by atoms with Gasteiger partial charge >= 0.3 is 5.97 Å². The van der Waals surface area contributed by atoms with Crippen molar-refractivity contribution in [2.24, 2.45) is 11.8 Å². The van der Waals surface area contributed by atoms with Gasteiger partial charge in [0.15, 0.2) is 0 Å². The summed E-state index contributed by atoms with van der Waals surface area (Å²) in [5, 5.41) is 0. The maximum Gasteiger partial charge on any atom is 0.310 e. The molecular weight excluding hydrogens is 410 g/mol. The molecule has 0 aromatic heterocycles. The van der Waals surface area contributed by atoms with Crippen LogP contribution < -0.4 is 4.90 Å². The summed E-state index contributed by atoms with van der Waals surface area (Å²) in [7, 11) is 1.59. The van der Waals surface area contributed by atoms with E-state index in [2.05, 4.69) is 6.92 Å². The second-order valence-electron chi connectivity index (χ2n) is 8.55. The highest BCUT2D eigenvalue weighted by Crippen LogP contribution is 2.27. The fraction of sp³-hybridized carbons (Fsp3) is 0.583. The lowest BCUT2D eigenvalue weighted by Crippen LogP contribution is -2.48. The topological polar surface area (TPSA) is 87.2 Å². The van der Waals surface area contributed by atoms with Crippen LogP contribution in [0, 0.1) is 11.8 Å². The molecule has 2 heterocycles. The van der Waals surface area contributed by atoms with Gasteiger partial charge in [0.05, 0.1) is 25.0 Å². The van der Waals surface area contributed by atoms with Crippen molar-refractivity contribution < 1.29 is 23.9 Å². The molecule has 0 spiro atoms. The van der Waals surface area contributed by atoms with Crippen LogP contribution in [-0.4, -0.2) is 73.3 Å². The van der Waals surface area contributed by atoms with Crippen LogP contribution in [0.4, 0.5) is 5.69 Å². The standard InChI is InChI=1S/C24H33N3O5/c1-4-17-8-10-20(11-9-17)27-15-19(13-21(27)28)23(30)25(3)16-22(29)26-12-6-7-18(14-26)24(31)32-5-2/h8-11,18-19H,4-7,12-16H2,1-3H3. The second kappa shape index (κ2) is 10.6. The lowest BCUT2D eigenvalue weighted by Gasteiger charge is -2.33. The number of amides is 3. The monoisotopic (exact) mass is 443 g/mol. The minimum atomic E-state index is -0.472. The zero-order valence-corrected chi connectivity index (χ0v) is 19.2. The van der Waals surface area contributed by atoms with Gasteiger partial charge in [-0.05, 0) is 43.9 Å². The highest BCUT2D eigenvalue weighted by atomic mass is 16.5. The molecule has 3 rings (SSSR count). The van der Waals surface area contributed by atoms with E-state index >= 15 is 0 Å². The number of aryl methyl sites for hydroxylation is 1. The number of piperidine rings is 1. The molecule has 2 fully saturated rings. The van der Waals surface area contributed by atoms with Gasteiger partial charge in [-0.2, -0.15) is 0 Å². The molecule has 0 aliphatic carbocycles. The van der Waals surface area contributed by atoms with Crippen molar-refractivity contribution in [1.29, 1.82) is 0 Å². The Morgan fingerprint density at radius 2 is 1.81 bits per heavy atom. The fourth-order valence-corrected chi connectivity index (χ4v) is 4.38. The number of nitrogens with zero attached hydrogens (tertiary/aromatic N) is 3. The van der Waals surface area contributed by atoms with Gasteiger partial charge < -0.3 is 19.4 Å². The van der Waals surface area contributed by atoms with Crippen LogP contribution in [0.1, 0.15) is 38.7 Å². The normalized spacial score (nSPS) is 20.9. The molecule has 1 aromatic carbocycles. The Hall–Kier alpha value is -2.90. The van der Waals surface area contributed by atoms with Gasteiger partial charge in [-0.3, -0.25) is 19.2 Å². The molecule has 2 aliphatic rings. The highest BCUT2D eigenvalue weighted by molar-refractivity contribution is 6.00.